The number of rotatable bonds is 10. The smallest absolute Gasteiger partial charge is 0.369 e. The summed E-state index contributed by atoms with van der Waals surface area (Å²) in [6.45, 7) is 5.71. The van der Waals surface area contributed by atoms with Crippen LogP contribution in [0.15, 0.2) is 83.6 Å². The van der Waals surface area contributed by atoms with Crippen LogP contribution in [0.25, 0.3) is 0 Å². The third-order valence-corrected chi connectivity index (χ3v) is 11.1. The molecule has 256 valence electrons. The minimum Gasteiger partial charge on any atom is -0.369 e. The van der Waals surface area contributed by atoms with E-state index in [0.29, 0.717) is 76.8 Å². The molecule has 2 aliphatic rings. The first-order valence-corrected chi connectivity index (χ1v) is 17.6. The molecule has 2 aromatic carbocycles. The van der Waals surface area contributed by atoms with Crippen LogP contribution in [0.5, 0.6) is 0 Å². The van der Waals surface area contributed by atoms with Gasteiger partial charge in [0.25, 0.3) is 0 Å². The van der Waals surface area contributed by atoms with Crippen LogP contribution in [0.3, 0.4) is 0 Å². The summed E-state index contributed by atoms with van der Waals surface area (Å²) in [6, 6.07) is 18.7. The Morgan fingerprint density at radius 1 is 0.583 bits per heavy atom. The molecule has 0 aliphatic carbocycles. The Bertz CT molecular complexity index is 1510. The molecule has 0 bridgehead atoms. The topological polar surface area (TPSA) is 30.0 Å². The monoisotopic (exact) mass is 706 g/mol. The van der Waals surface area contributed by atoms with E-state index in [1.54, 1.807) is 34.8 Å². The van der Waals surface area contributed by atoms with Crippen LogP contribution in [0.2, 0.25) is 0 Å². The number of thiophene rings is 2. The van der Waals surface area contributed by atoms with Crippen molar-refractivity contribution >= 4 is 39.8 Å². The maximum Gasteiger partial charge on any atom is 0.416 e. The van der Waals surface area contributed by atoms with Gasteiger partial charge in [0.1, 0.15) is 0 Å². The molecule has 2 aliphatic heterocycles. The van der Waals surface area contributed by atoms with Crippen LogP contribution >= 0.6 is 22.7 Å². The summed E-state index contributed by atoms with van der Waals surface area (Å²) in [5.41, 5.74) is -0.243. The number of ketones is 1. The highest BCUT2D eigenvalue weighted by atomic mass is 32.1. The Balaban J connectivity index is 1.12. The van der Waals surface area contributed by atoms with Crippen LogP contribution in [-0.4, -0.2) is 81.0 Å². The minimum absolute atomic E-state index is 0.125. The Morgan fingerprint density at radius 3 is 1.31 bits per heavy atom. The summed E-state index contributed by atoms with van der Waals surface area (Å²) in [5.74, 6) is -0.618. The van der Waals surface area contributed by atoms with Gasteiger partial charge in [-0.15, -0.1) is 22.7 Å². The van der Waals surface area contributed by atoms with E-state index in [9.17, 15) is 31.1 Å². The quantitative estimate of drug-likeness (QED) is 0.157. The van der Waals surface area contributed by atoms with E-state index in [-0.39, 0.29) is 17.6 Å². The van der Waals surface area contributed by atoms with Crippen LogP contribution in [0, 0.1) is 0 Å². The number of alkyl halides is 6. The maximum atomic E-state index is 14.5. The Hall–Kier alpha value is -3.39. The molecule has 4 aromatic rings. The highest BCUT2D eigenvalue weighted by molar-refractivity contribution is 7.10. The molecule has 4 heterocycles. The second-order valence-corrected chi connectivity index (χ2v) is 14.2. The van der Waals surface area contributed by atoms with Gasteiger partial charge in [-0.25, -0.2) is 0 Å². The molecule has 2 unspecified atom stereocenters. The van der Waals surface area contributed by atoms with Crippen molar-refractivity contribution in [2.45, 2.75) is 24.2 Å². The zero-order chi connectivity index (χ0) is 33.9. The van der Waals surface area contributed by atoms with Gasteiger partial charge < -0.3 is 9.80 Å². The van der Waals surface area contributed by atoms with E-state index in [4.69, 9.17) is 0 Å². The first-order valence-electron chi connectivity index (χ1n) is 15.9. The fraction of sp³-hybridized carbons (Fsp3) is 0.400. The standard InChI is InChI=1S/C35H36F6N4OS2/c36-34(37,38)25-5-1-7-27(21-25)44-15-11-42(12-16-44)23-29(31-9-3-19-47-31)33(46)30(32-10-4-20-48-32)24-43-13-17-45(18-14-43)28-8-2-6-26(22-28)35(39,40)41/h1-10,19-22,29-30H,11-18,23-24H2. The molecular formula is C35H36F6N4OS2. The van der Waals surface area contributed by atoms with Crippen LogP contribution in [-0.2, 0) is 17.1 Å². The second kappa shape index (κ2) is 14.6. The molecule has 13 heteroatoms. The maximum absolute atomic E-state index is 14.5. The SMILES string of the molecule is O=C(C(CN1CCN(c2cccc(C(F)(F)F)c2)CC1)c1cccs1)C(CN1CCN(c2cccc(C(F)(F)F)c2)CC1)c1cccs1. The van der Waals surface area contributed by atoms with Crippen LogP contribution < -0.4 is 9.80 Å². The van der Waals surface area contributed by atoms with Crippen molar-refractivity contribution in [3.8, 4) is 0 Å². The molecule has 0 saturated carbocycles. The van der Waals surface area contributed by atoms with Crippen molar-refractivity contribution in [1.82, 2.24) is 9.80 Å². The van der Waals surface area contributed by atoms with Gasteiger partial charge in [-0.2, -0.15) is 26.3 Å². The Kier molecular flexibility index (Phi) is 10.5. The number of carbonyl (C=O) groups is 1. The first kappa shape index (κ1) is 34.5. The molecule has 6 rings (SSSR count). The summed E-state index contributed by atoms with van der Waals surface area (Å²) in [6.07, 6.45) is -8.80. The number of benzene rings is 2. The van der Waals surface area contributed by atoms with Crippen molar-refractivity contribution in [3.05, 3.63) is 104 Å². The van der Waals surface area contributed by atoms with Crippen molar-refractivity contribution in [1.29, 1.82) is 0 Å². The largest absolute Gasteiger partial charge is 0.416 e. The summed E-state index contributed by atoms with van der Waals surface area (Å²) in [7, 11) is 0. The fourth-order valence-corrected chi connectivity index (χ4v) is 8.17. The number of anilines is 2. The molecule has 0 radical (unpaired) electrons. The summed E-state index contributed by atoms with van der Waals surface area (Å²) >= 11 is 3.10. The highest BCUT2D eigenvalue weighted by Crippen LogP contribution is 2.36. The lowest BCUT2D eigenvalue weighted by Crippen LogP contribution is -2.50. The lowest BCUT2D eigenvalue weighted by molar-refractivity contribution is -0.138. The van der Waals surface area contributed by atoms with Gasteiger partial charge in [-0.3, -0.25) is 14.6 Å². The lowest BCUT2D eigenvalue weighted by atomic mass is 9.89. The molecule has 5 nitrogen and oxygen atoms in total. The molecular weight excluding hydrogens is 671 g/mol. The van der Waals surface area contributed by atoms with Crippen LogP contribution in [0.1, 0.15) is 32.7 Å². The zero-order valence-corrected chi connectivity index (χ0v) is 27.7. The predicted octanol–water partition coefficient (Wildman–Crippen LogP) is 7.93. The van der Waals surface area contributed by atoms with Crippen molar-refractivity contribution in [3.63, 3.8) is 0 Å². The summed E-state index contributed by atoms with van der Waals surface area (Å²) in [4.78, 5) is 24.9. The highest BCUT2D eigenvalue weighted by Gasteiger charge is 2.36. The number of Topliss-reactive ketones (excluding diaryl/α,β-unsaturated/α-hetero) is 1. The number of nitrogens with zero attached hydrogens (tertiary/aromatic N) is 4. The van der Waals surface area contributed by atoms with Gasteiger partial charge in [0.15, 0.2) is 5.78 Å². The number of hydrogen-bond donors (Lipinski definition) is 0. The molecule has 2 fully saturated rings. The molecule has 0 amide bonds. The molecule has 0 N–H and O–H groups in total. The van der Waals surface area contributed by atoms with Gasteiger partial charge in [-0.05, 0) is 59.3 Å². The van der Waals surface area contributed by atoms with E-state index in [2.05, 4.69) is 9.80 Å². The normalized spacial score (nSPS) is 18.2. The molecule has 0 spiro atoms. The van der Waals surface area contributed by atoms with E-state index in [1.807, 2.05) is 44.8 Å². The van der Waals surface area contributed by atoms with Gasteiger partial charge in [0.2, 0.25) is 0 Å². The minimum atomic E-state index is -4.40. The Morgan fingerprint density at radius 2 is 0.979 bits per heavy atom. The van der Waals surface area contributed by atoms with Gasteiger partial charge in [0.05, 0.1) is 23.0 Å². The third-order valence-electron chi connectivity index (χ3n) is 9.16. The average molecular weight is 707 g/mol. The third kappa shape index (κ3) is 8.24. The Labute approximate surface area is 284 Å². The lowest BCUT2D eigenvalue weighted by Gasteiger charge is -2.39. The predicted molar refractivity (Wildman–Crippen MR) is 179 cm³/mol. The number of halogens is 6. The van der Waals surface area contributed by atoms with Crippen molar-refractivity contribution < 1.29 is 31.1 Å². The van der Waals surface area contributed by atoms with Gasteiger partial charge >= 0.3 is 12.4 Å². The van der Waals surface area contributed by atoms with E-state index in [0.717, 1.165) is 21.9 Å². The van der Waals surface area contributed by atoms with E-state index >= 15 is 0 Å². The van der Waals surface area contributed by atoms with E-state index < -0.39 is 23.5 Å². The molecule has 2 atom stereocenters. The molecule has 2 saturated heterocycles. The van der Waals surface area contributed by atoms with Crippen molar-refractivity contribution in [2.24, 2.45) is 0 Å². The average Bonchev–Trinajstić information content (AvgIpc) is 3.82. The first-order chi connectivity index (χ1) is 23.0. The van der Waals surface area contributed by atoms with Crippen LogP contribution in [0.4, 0.5) is 37.7 Å². The van der Waals surface area contributed by atoms with Gasteiger partial charge in [0, 0.05) is 86.6 Å². The van der Waals surface area contributed by atoms with Gasteiger partial charge in [-0.1, -0.05) is 24.3 Å². The van der Waals surface area contributed by atoms with E-state index in [1.165, 1.54) is 24.3 Å². The number of hydrogen-bond acceptors (Lipinski definition) is 7. The summed E-state index contributed by atoms with van der Waals surface area (Å²) in [5, 5.41) is 3.93. The summed E-state index contributed by atoms with van der Waals surface area (Å²) < 4.78 is 79.8. The number of carbonyl (C=O) groups excluding carboxylic acids is 1. The number of piperazine rings is 2. The molecule has 48 heavy (non-hydrogen) atoms. The second-order valence-electron chi connectivity index (χ2n) is 12.2. The molecule has 2 aromatic heterocycles. The fourth-order valence-electron chi connectivity index (χ4n) is 6.51. The zero-order valence-electron chi connectivity index (χ0n) is 26.1. The van der Waals surface area contributed by atoms with Crippen molar-refractivity contribution in [2.75, 3.05) is 75.2 Å².